The van der Waals surface area contributed by atoms with Gasteiger partial charge in [-0.1, -0.05) is 310 Å². The molecule has 506 valence electrons. The monoisotopic (exact) mass is 1240 g/mol. The van der Waals surface area contributed by atoms with Gasteiger partial charge in [0.15, 0.2) is 0 Å². The van der Waals surface area contributed by atoms with Crippen LogP contribution in [-0.4, -0.2) is 52.7 Å². The summed E-state index contributed by atoms with van der Waals surface area (Å²) in [6, 6.07) is 21.2. The van der Waals surface area contributed by atoms with Crippen LogP contribution in [0.5, 0.6) is 0 Å². The maximum atomic E-state index is 13.0. The maximum Gasteiger partial charge on any atom is 0.338 e. The summed E-state index contributed by atoms with van der Waals surface area (Å²) in [5, 5.41) is 9.81. The molecule has 0 aliphatic heterocycles. The van der Waals surface area contributed by atoms with E-state index in [0.717, 1.165) is 38.5 Å². The van der Waals surface area contributed by atoms with Gasteiger partial charge >= 0.3 is 17.9 Å². The summed E-state index contributed by atoms with van der Waals surface area (Å²) in [5.41, 5.74) is 3.40. The Kier molecular flexibility index (Phi) is 46.2. The van der Waals surface area contributed by atoms with Crippen LogP contribution in [0.25, 0.3) is 0 Å². The highest BCUT2D eigenvalue weighted by atomic mass is 16.5. The van der Waals surface area contributed by atoms with Crippen LogP contribution in [0.3, 0.4) is 0 Å². The number of ether oxygens (including phenoxy) is 3. The van der Waals surface area contributed by atoms with Crippen molar-refractivity contribution >= 4 is 52.8 Å². The van der Waals surface area contributed by atoms with E-state index in [1.54, 1.807) is 72.8 Å². The summed E-state index contributed by atoms with van der Waals surface area (Å²) in [6.45, 7) is 8.06. The van der Waals surface area contributed by atoms with Crippen LogP contribution in [-0.2, 0) is 14.2 Å². The molecule has 3 aromatic carbocycles. The van der Waals surface area contributed by atoms with Crippen LogP contribution in [0.15, 0.2) is 72.8 Å². The van der Waals surface area contributed by atoms with E-state index in [-0.39, 0.29) is 37.2 Å². The fraction of sp³-hybridized carbons (Fsp3) is 0.692. The lowest BCUT2D eigenvalue weighted by Gasteiger charge is -2.12. The fourth-order valence-electron chi connectivity index (χ4n) is 11.7. The molecule has 90 heavy (non-hydrogen) atoms. The third-order valence-corrected chi connectivity index (χ3v) is 17.5. The SMILES string of the molecule is CCCCCCCCCCCCCCCCCCOC(=O)c1ccc(Nc2nc(Nc3ccc(C(=O)OCCCCCCCCCCCCCCCCCC)cc3)nc(Nc3ccc(C(=O)OCCCCCCCCCCCCCCCCCC)cc3)n2)cc1.[HH]. The van der Waals surface area contributed by atoms with Crippen molar-refractivity contribution in [2.75, 3.05) is 35.8 Å². The first-order chi connectivity index (χ1) is 44.4. The van der Waals surface area contributed by atoms with Crippen LogP contribution in [0.2, 0.25) is 0 Å². The van der Waals surface area contributed by atoms with Gasteiger partial charge in [-0.05, 0) is 92.1 Å². The van der Waals surface area contributed by atoms with E-state index >= 15 is 0 Å². The van der Waals surface area contributed by atoms with Gasteiger partial charge < -0.3 is 30.2 Å². The minimum Gasteiger partial charge on any atom is -0.462 e. The van der Waals surface area contributed by atoms with Crippen LogP contribution < -0.4 is 16.0 Å². The number of anilines is 6. The number of nitrogens with one attached hydrogen (secondary N) is 3. The number of esters is 3. The number of unbranched alkanes of at least 4 members (excludes halogenated alkanes) is 45. The van der Waals surface area contributed by atoms with Crippen LogP contribution in [0.4, 0.5) is 34.9 Å². The first kappa shape index (κ1) is 76.9. The number of hydrogen-bond donors (Lipinski definition) is 3. The quantitative estimate of drug-likeness (QED) is 0.0219. The third kappa shape index (κ3) is 39.7. The molecule has 1 aromatic heterocycles. The molecular weight excluding hydrogens is 1120 g/mol. The highest BCUT2D eigenvalue weighted by molar-refractivity contribution is 5.91. The van der Waals surface area contributed by atoms with Gasteiger partial charge in [0.2, 0.25) is 17.8 Å². The van der Waals surface area contributed by atoms with E-state index in [4.69, 9.17) is 14.2 Å². The lowest BCUT2D eigenvalue weighted by atomic mass is 10.0. The zero-order valence-electron chi connectivity index (χ0n) is 57.3. The van der Waals surface area contributed by atoms with Gasteiger partial charge in [-0.3, -0.25) is 0 Å². The molecule has 12 heteroatoms. The lowest BCUT2D eigenvalue weighted by molar-refractivity contribution is 0.0488. The van der Waals surface area contributed by atoms with E-state index < -0.39 is 0 Å². The van der Waals surface area contributed by atoms with Crippen LogP contribution >= 0.6 is 0 Å². The Balaban J connectivity index is 0.0000216. The standard InChI is InChI=1S/C78H126N6O6.H2/c1-4-7-10-13-16-19-22-25-28-31-34-37-40-43-46-49-64-88-73(85)67-52-58-70(59-53-67)79-76-82-77(80-71-60-54-68(55-61-71)74(86)89-65-50-47-44-41-38-35-32-29-26-23-20-17-14-11-8-5-2)84-78(83-76)81-72-62-56-69(57-63-72)75(87)90-66-51-48-45-42-39-36-33-30-27-24-21-18-15-12-9-6-3;/h52-63H,4-51,64-66H2,1-3H3,(H3,79,80,81,82,83,84);1H. The first-order valence-electron chi connectivity index (χ1n) is 37.3. The summed E-state index contributed by atoms with van der Waals surface area (Å²) in [6.07, 6.45) is 62.3. The second-order valence-electron chi connectivity index (χ2n) is 25.7. The average Bonchev–Trinajstić information content (AvgIpc) is 3.37. The Morgan fingerprint density at radius 1 is 0.256 bits per heavy atom. The van der Waals surface area contributed by atoms with Crippen molar-refractivity contribution in [2.24, 2.45) is 0 Å². The largest absolute Gasteiger partial charge is 0.462 e. The zero-order chi connectivity index (χ0) is 63.8. The van der Waals surface area contributed by atoms with E-state index in [9.17, 15) is 14.4 Å². The number of hydrogen-bond acceptors (Lipinski definition) is 12. The van der Waals surface area contributed by atoms with E-state index in [0.29, 0.717) is 53.6 Å². The average molecular weight is 1250 g/mol. The van der Waals surface area contributed by atoms with Crippen molar-refractivity contribution in [1.29, 1.82) is 0 Å². The second kappa shape index (κ2) is 54.1. The minimum absolute atomic E-state index is 0. The number of benzene rings is 3. The highest BCUT2D eigenvalue weighted by Gasteiger charge is 2.14. The smallest absolute Gasteiger partial charge is 0.338 e. The number of carbonyl (C=O) groups is 3. The molecule has 0 aliphatic rings. The lowest BCUT2D eigenvalue weighted by Crippen LogP contribution is -2.09. The Bertz CT molecular complexity index is 2100. The van der Waals surface area contributed by atoms with Crippen molar-refractivity contribution in [3.8, 4) is 0 Å². The van der Waals surface area contributed by atoms with E-state index in [2.05, 4.69) is 51.7 Å². The van der Waals surface area contributed by atoms with Crippen molar-refractivity contribution in [2.45, 2.75) is 329 Å². The molecule has 0 amide bonds. The molecule has 1 heterocycles. The number of carbonyl (C=O) groups excluding carboxylic acids is 3. The number of rotatable bonds is 60. The summed E-state index contributed by atoms with van der Waals surface area (Å²) < 4.78 is 16.9. The highest BCUT2D eigenvalue weighted by Crippen LogP contribution is 2.24. The van der Waals surface area contributed by atoms with Gasteiger partial charge in [-0.15, -0.1) is 0 Å². The Labute approximate surface area is 549 Å². The molecule has 0 aliphatic carbocycles. The Morgan fingerprint density at radius 2 is 0.411 bits per heavy atom. The molecule has 4 aromatic rings. The first-order valence-corrected chi connectivity index (χ1v) is 37.3. The topological polar surface area (TPSA) is 154 Å². The molecule has 0 spiro atoms. The number of aromatic nitrogens is 3. The third-order valence-electron chi connectivity index (χ3n) is 17.5. The van der Waals surface area contributed by atoms with Crippen LogP contribution in [0, 0.1) is 0 Å². The molecule has 0 atom stereocenters. The predicted octanol–water partition coefficient (Wildman–Crippen LogP) is 24.6. The van der Waals surface area contributed by atoms with Gasteiger partial charge in [-0.25, -0.2) is 14.4 Å². The van der Waals surface area contributed by atoms with Crippen molar-refractivity contribution in [3.05, 3.63) is 89.5 Å². The van der Waals surface area contributed by atoms with Crippen molar-refractivity contribution in [3.63, 3.8) is 0 Å². The second-order valence-corrected chi connectivity index (χ2v) is 25.7. The van der Waals surface area contributed by atoms with Gasteiger partial charge in [0.25, 0.3) is 0 Å². The van der Waals surface area contributed by atoms with Crippen molar-refractivity contribution in [1.82, 2.24) is 15.0 Å². The van der Waals surface area contributed by atoms with Crippen molar-refractivity contribution < 1.29 is 30.0 Å². The zero-order valence-corrected chi connectivity index (χ0v) is 57.3. The maximum absolute atomic E-state index is 13.0. The molecule has 0 unspecified atom stereocenters. The van der Waals surface area contributed by atoms with E-state index in [1.165, 1.54) is 270 Å². The molecule has 0 saturated carbocycles. The summed E-state index contributed by atoms with van der Waals surface area (Å²) in [7, 11) is 0. The predicted molar refractivity (Wildman–Crippen MR) is 381 cm³/mol. The molecule has 0 saturated heterocycles. The molecule has 0 fully saturated rings. The van der Waals surface area contributed by atoms with E-state index in [1.807, 2.05) is 0 Å². The van der Waals surface area contributed by atoms with Crippen LogP contribution in [0.1, 0.15) is 361 Å². The Hall–Kier alpha value is -5.52. The molecular formula is C78H128N6O6. The summed E-state index contributed by atoms with van der Waals surface area (Å²) in [5.74, 6) is -0.285. The summed E-state index contributed by atoms with van der Waals surface area (Å²) >= 11 is 0. The van der Waals surface area contributed by atoms with Gasteiger partial charge in [0, 0.05) is 18.5 Å². The normalized spacial score (nSPS) is 11.2. The Morgan fingerprint density at radius 3 is 0.578 bits per heavy atom. The summed E-state index contributed by atoms with van der Waals surface area (Å²) in [4.78, 5) is 53.1. The molecule has 0 bridgehead atoms. The molecule has 12 nitrogen and oxygen atoms in total. The minimum atomic E-state index is -0.343. The van der Waals surface area contributed by atoms with Gasteiger partial charge in [0.05, 0.1) is 36.5 Å². The molecule has 0 radical (unpaired) electrons. The van der Waals surface area contributed by atoms with Gasteiger partial charge in [-0.2, -0.15) is 15.0 Å². The number of nitrogens with zero attached hydrogens (tertiary/aromatic N) is 3. The molecule has 3 N–H and O–H groups in total. The van der Waals surface area contributed by atoms with Gasteiger partial charge in [0.1, 0.15) is 0 Å². The fourth-order valence-corrected chi connectivity index (χ4v) is 11.7. The molecule has 4 rings (SSSR count).